The first kappa shape index (κ1) is 24.3. The zero-order valence-electron chi connectivity index (χ0n) is 17.5. The molecule has 1 aromatic heterocycles. The third kappa shape index (κ3) is 8.50. The van der Waals surface area contributed by atoms with Gasteiger partial charge in [-0.25, -0.2) is 9.98 Å². The van der Waals surface area contributed by atoms with Crippen LogP contribution in [0.5, 0.6) is 5.75 Å². The number of aliphatic imine (C=N–C) groups is 1. The maximum absolute atomic E-state index is 5.72. The van der Waals surface area contributed by atoms with E-state index in [2.05, 4.69) is 46.6 Å². The van der Waals surface area contributed by atoms with Crippen LogP contribution in [-0.2, 0) is 13.0 Å². The van der Waals surface area contributed by atoms with Crippen LogP contribution < -0.4 is 15.4 Å². The van der Waals surface area contributed by atoms with Gasteiger partial charge in [-0.1, -0.05) is 26.0 Å². The number of hydrogen-bond donors (Lipinski definition) is 2. The summed E-state index contributed by atoms with van der Waals surface area (Å²) >= 11 is 0. The van der Waals surface area contributed by atoms with Crippen LogP contribution in [0.2, 0.25) is 0 Å². The number of aromatic nitrogens is 1. The summed E-state index contributed by atoms with van der Waals surface area (Å²) in [6.45, 7) is 13.0. The van der Waals surface area contributed by atoms with Crippen molar-refractivity contribution in [2.24, 2.45) is 10.9 Å². The molecule has 7 heteroatoms. The molecule has 0 aliphatic carbocycles. The van der Waals surface area contributed by atoms with E-state index in [1.54, 1.807) is 0 Å². The van der Waals surface area contributed by atoms with Crippen LogP contribution in [0.1, 0.15) is 43.7 Å². The average Bonchev–Trinajstić information content (AvgIpc) is 2.96. The van der Waals surface area contributed by atoms with Crippen LogP contribution in [0.25, 0.3) is 0 Å². The molecule has 0 bridgehead atoms. The molecule has 156 valence electrons. The summed E-state index contributed by atoms with van der Waals surface area (Å²) in [4.78, 5) is 8.91. The summed E-state index contributed by atoms with van der Waals surface area (Å²) in [6.07, 6.45) is 0.909. The van der Waals surface area contributed by atoms with Gasteiger partial charge in [0, 0.05) is 13.1 Å². The molecular formula is C21H33IN4O2. The second-order valence-corrected chi connectivity index (χ2v) is 6.97. The molecular weight excluding hydrogens is 467 g/mol. The molecule has 0 atom stereocenters. The van der Waals surface area contributed by atoms with Gasteiger partial charge in [-0.15, -0.1) is 24.0 Å². The quantitative estimate of drug-likeness (QED) is 0.306. The SMILES string of the molecule is CCNC(=NCc1nc(C)c(C)o1)NCCc1ccc(OCC(C)C)cc1.I. The maximum Gasteiger partial charge on any atom is 0.216 e. The number of rotatable bonds is 9. The summed E-state index contributed by atoms with van der Waals surface area (Å²) < 4.78 is 11.3. The lowest BCUT2D eigenvalue weighted by atomic mass is 10.1. The number of nitrogens with zero attached hydrogens (tertiary/aromatic N) is 2. The number of benzene rings is 1. The highest BCUT2D eigenvalue weighted by atomic mass is 127. The molecule has 2 N–H and O–H groups in total. The van der Waals surface area contributed by atoms with Gasteiger partial charge in [-0.2, -0.15) is 0 Å². The summed E-state index contributed by atoms with van der Waals surface area (Å²) in [7, 11) is 0. The molecule has 2 aromatic rings. The largest absolute Gasteiger partial charge is 0.493 e. The first-order valence-electron chi connectivity index (χ1n) is 9.64. The number of ether oxygens (including phenoxy) is 1. The molecule has 0 amide bonds. The predicted octanol–water partition coefficient (Wildman–Crippen LogP) is 4.24. The fourth-order valence-electron chi connectivity index (χ4n) is 2.44. The number of guanidine groups is 1. The van der Waals surface area contributed by atoms with Crippen molar-refractivity contribution in [3.8, 4) is 5.75 Å². The fraction of sp³-hybridized carbons (Fsp3) is 0.524. The maximum atomic E-state index is 5.72. The molecule has 0 saturated carbocycles. The Labute approximate surface area is 185 Å². The van der Waals surface area contributed by atoms with Crippen LogP contribution in [-0.4, -0.2) is 30.6 Å². The van der Waals surface area contributed by atoms with Gasteiger partial charge in [0.15, 0.2) is 5.96 Å². The molecule has 1 aromatic carbocycles. The second kappa shape index (κ2) is 12.6. The van der Waals surface area contributed by atoms with Gasteiger partial charge in [0.2, 0.25) is 5.89 Å². The monoisotopic (exact) mass is 500 g/mol. The molecule has 0 spiro atoms. The molecule has 0 radical (unpaired) electrons. The van der Waals surface area contributed by atoms with E-state index in [1.807, 2.05) is 32.9 Å². The fourth-order valence-corrected chi connectivity index (χ4v) is 2.44. The van der Waals surface area contributed by atoms with Crippen molar-refractivity contribution in [3.63, 3.8) is 0 Å². The summed E-state index contributed by atoms with van der Waals surface area (Å²) in [5.41, 5.74) is 2.17. The van der Waals surface area contributed by atoms with Crippen molar-refractivity contribution in [3.05, 3.63) is 47.2 Å². The lowest BCUT2D eigenvalue weighted by Crippen LogP contribution is -2.38. The van der Waals surface area contributed by atoms with E-state index >= 15 is 0 Å². The molecule has 1 heterocycles. The van der Waals surface area contributed by atoms with Gasteiger partial charge >= 0.3 is 0 Å². The Bertz CT molecular complexity index is 707. The third-order valence-electron chi connectivity index (χ3n) is 4.00. The van der Waals surface area contributed by atoms with E-state index in [9.17, 15) is 0 Å². The molecule has 0 aliphatic rings. The number of nitrogens with one attached hydrogen (secondary N) is 2. The van der Waals surface area contributed by atoms with Crippen LogP contribution in [0.4, 0.5) is 0 Å². The van der Waals surface area contributed by atoms with Crippen LogP contribution >= 0.6 is 24.0 Å². The first-order valence-corrected chi connectivity index (χ1v) is 9.64. The van der Waals surface area contributed by atoms with E-state index < -0.39 is 0 Å². The minimum absolute atomic E-state index is 0. The number of hydrogen-bond acceptors (Lipinski definition) is 4. The Morgan fingerprint density at radius 3 is 2.46 bits per heavy atom. The molecule has 0 fully saturated rings. The van der Waals surface area contributed by atoms with E-state index in [-0.39, 0.29) is 24.0 Å². The highest BCUT2D eigenvalue weighted by molar-refractivity contribution is 14.0. The molecule has 0 unspecified atom stereocenters. The Morgan fingerprint density at radius 1 is 1.18 bits per heavy atom. The Kier molecular flexibility index (Phi) is 11.0. The van der Waals surface area contributed by atoms with E-state index in [4.69, 9.17) is 9.15 Å². The summed E-state index contributed by atoms with van der Waals surface area (Å²) in [5, 5.41) is 6.60. The average molecular weight is 500 g/mol. The van der Waals surface area contributed by atoms with Gasteiger partial charge in [0.05, 0.1) is 12.3 Å². The van der Waals surface area contributed by atoms with E-state index in [0.29, 0.717) is 18.4 Å². The van der Waals surface area contributed by atoms with Gasteiger partial charge in [-0.05, 0) is 50.8 Å². The predicted molar refractivity (Wildman–Crippen MR) is 125 cm³/mol. The molecule has 6 nitrogen and oxygen atoms in total. The van der Waals surface area contributed by atoms with Crippen molar-refractivity contribution in [1.29, 1.82) is 0 Å². The highest BCUT2D eigenvalue weighted by Gasteiger charge is 2.05. The summed E-state index contributed by atoms with van der Waals surface area (Å²) in [5.74, 6) is 3.70. The lowest BCUT2D eigenvalue weighted by molar-refractivity contribution is 0.271. The Morgan fingerprint density at radius 2 is 1.89 bits per heavy atom. The summed E-state index contributed by atoms with van der Waals surface area (Å²) in [6, 6.07) is 8.29. The highest BCUT2D eigenvalue weighted by Crippen LogP contribution is 2.13. The van der Waals surface area contributed by atoms with Crippen LogP contribution in [0.3, 0.4) is 0 Å². The van der Waals surface area contributed by atoms with E-state index in [1.165, 1.54) is 5.56 Å². The van der Waals surface area contributed by atoms with Crippen LogP contribution in [0.15, 0.2) is 33.7 Å². The van der Waals surface area contributed by atoms with Gasteiger partial charge < -0.3 is 19.8 Å². The van der Waals surface area contributed by atoms with Gasteiger partial charge in [0.1, 0.15) is 18.1 Å². The first-order chi connectivity index (χ1) is 13.0. The molecule has 28 heavy (non-hydrogen) atoms. The second-order valence-electron chi connectivity index (χ2n) is 6.97. The number of oxazole rings is 1. The minimum Gasteiger partial charge on any atom is -0.493 e. The van der Waals surface area contributed by atoms with Gasteiger partial charge in [-0.3, -0.25) is 0 Å². The minimum atomic E-state index is 0. The zero-order chi connectivity index (χ0) is 19.6. The van der Waals surface area contributed by atoms with Gasteiger partial charge in [0.25, 0.3) is 0 Å². The van der Waals surface area contributed by atoms with Crippen LogP contribution in [0, 0.1) is 19.8 Å². The molecule has 0 aliphatic heterocycles. The van der Waals surface area contributed by atoms with E-state index in [0.717, 1.165) is 49.3 Å². The normalized spacial score (nSPS) is 11.3. The van der Waals surface area contributed by atoms with Crippen molar-refractivity contribution >= 4 is 29.9 Å². The molecule has 0 saturated heterocycles. The van der Waals surface area contributed by atoms with Crippen molar-refractivity contribution in [2.75, 3.05) is 19.7 Å². The Balaban J connectivity index is 0.00000392. The van der Waals surface area contributed by atoms with Crippen molar-refractivity contribution in [1.82, 2.24) is 15.6 Å². The smallest absolute Gasteiger partial charge is 0.216 e. The lowest BCUT2D eigenvalue weighted by Gasteiger charge is -2.12. The number of aryl methyl sites for hydroxylation is 2. The third-order valence-corrected chi connectivity index (χ3v) is 4.00. The zero-order valence-corrected chi connectivity index (χ0v) is 19.9. The standard InChI is InChI=1S/C21H32N4O2.HI/c1-6-22-21(24-13-20-25-16(4)17(5)27-20)23-12-11-18-7-9-19(10-8-18)26-14-15(2)3;/h7-10,15H,6,11-14H2,1-5H3,(H2,22,23,24);1H. The number of halogens is 1. The molecule has 2 rings (SSSR count). The topological polar surface area (TPSA) is 71.7 Å². The van der Waals surface area contributed by atoms with Crippen molar-refractivity contribution in [2.45, 2.75) is 47.6 Å². The van der Waals surface area contributed by atoms with Crippen molar-refractivity contribution < 1.29 is 9.15 Å². The Hall–Kier alpha value is -1.77.